The number of hydrogen-bond donors (Lipinski definition) is 2. The molecule has 6 nitrogen and oxygen atoms in total. The van der Waals surface area contributed by atoms with Crippen LogP contribution in [0.25, 0.3) is 0 Å². The van der Waals surface area contributed by atoms with Crippen molar-refractivity contribution in [3.63, 3.8) is 0 Å². The van der Waals surface area contributed by atoms with E-state index in [1.165, 1.54) is 6.07 Å². The average molecular weight is 400 g/mol. The number of benzene rings is 2. The third-order valence-electron chi connectivity index (χ3n) is 4.53. The average Bonchev–Trinajstić information content (AvgIpc) is 2.91. The lowest BCUT2D eigenvalue weighted by molar-refractivity contribution is -0.122. The first kappa shape index (κ1) is 20.1. The van der Waals surface area contributed by atoms with Gasteiger partial charge in [-0.3, -0.25) is 14.5 Å². The summed E-state index contributed by atoms with van der Waals surface area (Å²) in [4.78, 5) is 17.5. The Morgan fingerprint density at radius 1 is 1.11 bits per heavy atom. The number of rotatable bonds is 6. The number of nitrogens with one attached hydrogen (secondary N) is 2. The highest BCUT2D eigenvalue weighted by Gasteiger charge is 2.32. The van der Waals surface area contributed by atoms with E-state index in [2.05, 4.69) is 15.0 Å². The van der Waals surface area contributed by atoms with Crippen molar-refractivity contribution in [2.75, 3.05) is 0 Å². The zero-order valence-corrected chi connectivity index (χ0v) is 17.1. The van der Waals surface area contributed by atoms with E-state index in [1.54, 1.807) is 18.2 Å². The van der Waals surface area contributed by atoms with Gasteiger partial charge in [0.1, 0.15) is 11.9 Å². The number of hydrogen-bond acceptors (Lipinski definition) is 4. The number of nitrogens with zero attached hydrogens (tertiary/aromatic N) is 1. The highest BCUT2D eigenvalue weighted by molar-refractivity contribution is 7.90. The van der Waals surface area contributed by atoms with E-state index < -0.39 is 16.1 Å². The van der Waals surface area contributed by atoms with E-state index >= 15 is 0 Å². The summed E-state index contributed by atoms with van der Waals surface area (Å²) in [5.74, 6) is 0.241. The molecule has 0 fully saturated rings. The summed E-state index contributed by atoms with van der Waals surface area (Å²) in [5.41, 5.74) is 2.66. The molecule has 0 saturated heterocycles. The van der Waals surface area contributed by atoms with Crippen LogP contribution >= 0.6 is 0 Å². The number of carbonyl (C=O) groups is 1. The number of amidine groups is 1. The Kier molecular flexibility index (Phi) is 5.84. The Morgan fingerprint density at radius 2 is 1.79 bits per heavy atom. The molecule has 28 heavy (non-hydrogen) atoms. The summed E-state index contributed by atoms with van der Waals surface area (Å²) in [6, 6.07) is 13.9. The van der Waals surface area contributed by atoms with Gasteiger partial charge in [0.15, 0.2) is 0 Å². The molecule has 2 N–H and O–H groups in total. The summed E-state index contributed by atoms with van der Waals surface area (Å²) in [6.45, 7) is 6.43. The molecule has 0 aliphatic carbocycles. The van der Waals surface area contributed by atoms with Crippen LogP contribution in [0.1, 0.15) is 37.0 Å². The lowest BCUT2D eigenvalue weighted by Gasteiger charge is -2.16. The van der Waals surface area contributed by atoms with E-state index in [1.807, 2.05) is 45.0 Å². The van der Waals surface area contributed by atoms with Crippen molar-refractivity contribution in [3.05, 3.63) is 65.2 Å². The number of amides is 1. The third-order valence-corrected chi connectivity index (χ3v) is 5.93. The molecule has 1 heterocycles. The fourth-order valence-electron chi connectivity index (χ4n) is 3.06. The molecule has 0 bridgehead atoms. The van der Waals surface area contributed by atoms with Gasteiger partial charge >= 0.3 is 0 Å². The molecule has 1 unspecified atom stereocenters. The Morgan fingerprint density at radius 3 is 2.46 bits per heavy atom. The minimum atomic E-state index is -3.63. The van der Waals surface area contributed by atoms with Gasteiger partial charge in [-0.05, 0) is 37.0 Å². The monoisotopic (exact) mass is 399 g/mol. The van der Waals surface area contributed by atoms with Crippen molar-refractivity contribution in [1.82, 2.24) is 10.0 Å². The Balaban J connectivity index is 1.81. The molecule has 2 aromatic rings. The van der Waals surface area contributed by atoms with E-state index in [-0.39, 0.29) is 22.6 Å². The molecule has 148 valence electrons. The number of sulfonamides is 1. The van der Waals surface area contributed by atoms with Gasteiger partial charge in [0.25, 0.3) is 10.0 Å². The summed E-state index contributed by atoms with van der Waals surface area (Å²) >= 11 is 0. The highest BCUT2D eigenvalue weighted by Crippen LogP contribution is 2.23. The second-order valence-corrected chi connectivity index (χ2v) is 9.08. The van der Waals surface area contributed by atoms with Gasteiger partial charge in [0.2, 0.25) is 5.91 Å². The second kappa shape index (κ2) is 8.14. The van der Waals surface area contributed by atoms with Gasteiger partial charge in [-0.25, -0.2) is 8.42 Å². The molecule has 1 atom stereocenters. The number of aliphatic imine (C=N–C) groups is 1. The van der Waals surface area contributed by atoms with Crippen LogP contribution in [0, 0.1) is 12.8 Å². The van der Waals surface area contributed by atoms with Crippen LogP contribution < -0.4 is 10.0 Å². The fourth-order valence-corrected chi connectivity index (χ4v) is 4.30. The van der Waals surface area contributed by atoms with Crippen molar-refractivity contribution in [2.24, 2.45) is 10.9 Å². The van der Waals surface area contributed by atoms with Gasteiger partial charge in [-0.2, -0.15) is 0 Å². The lowest BCUT2D eigenvalue weighted by atomic mass is 10.0. The summed E-state index contributed by atoms with van der Waals surface area (Å²) in [5, 5.41) is 2.92. The largest absolute Gasteiger partial charge is 0.350 e. The third kappa shape index (κ3) is 4.59. The predicted octanol–water partition coefficient (Wildman–Crippen LogP) is 2.76. The SMILES string of the molecule is Cc1ccc(CNC(=O)C(CC(C)C)N=C2NS(=O)(=O)c3ccccc32)cc1. The highest BCUT2D eigenvalue weighted by atomic mass is 32.2. The molecular formula is C21H25N3O3S. The van der Waals surface area contributed by atoms with E-state index in [0.29, 0.717) is 18.5 Å². The molecular weight excluding hydrogens is 374 g/mol. The van der Waals surface area contributed by atoms with Crippen LogP contribution in [0.3, 0.4) is 0 Å². The lowest BCUT2D eigenvalue weighted by Crippen LogP contribution is -2.36. The zero-order valence-electron chi connectivity index (χ0n) is 16.3. The van der Waals surface area contributed by atoms with Crippen molar-refractivity contribution in [1.29, 1.82) is 0 Å². The minimum Gasteiger partial charge on any atom is -0.350 e. The van der Waals surface area contributed by atoms with Gasteiger partial charge < -0.3 is 5.32 Å². The second-order valence-electron chi connectivity index (χ2n) is 7.43. The van der Waals surface area contributed by atoms with E-state index in [9.17, 15) is 13.2 Å². The Bertz CT molecular complexity index is 996. The first-order chi connectivity index (χ1) is 13.3. The van der Waals surface area contributed by atoms with Gasteiger partial charge in [0.05, 0.1) is 4.90 Å². The molecule has 2 aromatic carbocycles. The normalized spacial score (nSPS) is 17.2. The summed E-state index contributed by atoms with van der Waals surface area (Å²) < 4.78 is 27.0. The first-order valence-corrected chi connectivity index (χ1v) is 10.8. The van der Waals surface area contributed by atoms with Crippen LogP contribution in [0.4, 0.5) is 0 Å². The van der Waals surface area contributed by atoms with Gasteiger partial charge in [0, 0.05) is 12.1 Å². The molecule has 0 aromatic heterocycles. The molecule has 1 aliphatic rings. The standard InChI is InChI=1S/C21H25N3O3S/c1-14(2)12-18(21(25)22-13-16-10-8-15(3)9-11-16)23-20-17-6-4-5-7-19(17)28(26,27)24-20/h4-11,14,18H,12-13H2,1-3H3,(H,22,25)(H,23,24). The fraction of sp³-hybridized carbons (Fsp3) is 0.333. The van der Waals surface area contributed by atoms with Crippen LogP contribution in [0.15, 0.2) is 58.4 Å². The van der Waals surface area contributed by atoms with E-state index in [0.717, 1.165) is 11.1 Å². The van der Waals surface area contributed by atoms with Crippen LogP contribution in [0.2, 0.25) is 0 Å². The van der Waals surface area contributed by atoms with Crippen molar-refractivity contribution < 1.29 is 13.2 Å². The predicted molar refractivity (Wildman–Crippen MR) is 110 cm³/mol. The zero-order chi connectivity index (χ0) is 20.3. The molecule has 7 heteroatoms. The number of aryl methyl sites for hydroxylation is 1. The van der Waals surface area contributed by atoms with Gasteiger partial charge in [-0.1, -0.05) is 55.8 Å². The quantitative estimate of drug-likeness (QED) is 0.783. The Labute approximate surface area is 166 Å². The number of fused-ring (bicyclic) bond motifs is 1. The Hall–Kier alpha value is -2.67. The molecule has 1 aliphatic heterocycles. The maximum atomic E-state index is 12.8. The number of carbonyl (C=O) groups excluding carboxylic acids is 1. The van der Waals surface area contributed by atoms with Crippen molar-refractivity contribution >= 4 is 21.8 Å². The maximum absolute atomic E-state index is 12.8. The molecule has 0 radical (unpaired) electrons. The molecule has 3 rings (SSSR count). The minimum absolute atomic E-state index is 0.192. The van der Waals surface area contributed by atoms with Crippen LogP contribution in [-0.4, -0.2) is 26.2 Å². The van der Waals surface area contributed by atoms with E-state index in [4.69, 9.17) is 0 Å². The van der Waals surface area contributed by atoms with Gasteiger partial charge in [-0.15, -0.1) is 0 Å². The van der Waals surface area contributed by atoms with Crippen molar-refractivity contribution in [2.45, 2.75) is 44.7 Å². The summed E-state index contributed by atoms with van der Waals surface area (Å²) in [7, 11) is -3.63. The molecule has 1 amide bonds. The summed E-state index contributed by atoms with van der Waals surface area (Å²) in [6.07, 6.45) is 0.521. The maximum Gasteiger partial charge on any atom is 0.263 e. The topological polar surface area (TPSA) is 87.6 Å². The smallest absolute Gasteiger partial charge is 0.263 e. The van der Waals surface area contributed by atoms with Crippen LogP contribution in [0.5, 0.6) is 0 Å². The molecule has 0 spiro atoms. The first-order valence-electron chi connectivity index (χ1n) is 9.29. The van der Waals surface area contributed by atoms with Crippen molar-refractivity contribution in [3.8, 4) is 0 Å². The molecule has 0 saturated carbocycles. The van der Waals surface area contributed by atoms with Crippen LogP contribution in [-0.2, 0) is 21.4 Å².